The molecule has 0 bridgehead atoms. The number of allylic oxidation sites excluding steroid dienone is 1. The van der Waals surface area contributed by atoms with Crippen LogP contribution >= 0.6 is 11.8 Å². The second kappa shape index (κ2) is 8.77. The molecule has 7 nitrogen and oxygen atoms in total. The Bertz CT molecular complexity index is 1110. The Kier molecular flexibility index (Phi) is 6.04. The van der Waals surface area contributed by atoms with Gasteiger partial charge in [0.2, 0.25) is 5.91 Å². The lowest BCUT2D eigenvalue weighted by molar-refractivity contribution is -0.149. The van der Waals surface area contributed by atoms with Gasteiger partial charge < -0.3 is 19.3 Å². The van der Waals surface area contributed by atoms with E-state index in [0.717, 1.165) is 5.56 Å². The third-order valence-corrected chi connectivity index (χ3v) is 6.98. The van der Waals surface area contributed by atoms with Crippen LogP contribution in [0.5, 0.6) is 17.2 Å². The Morgan fingerprint density at radius 2 is 1.94 bits per heavy atom. The molecule has 2 aliphatic heterocycles. The molecule has 0 aromatic heterocycles. The molecule has 4 rings (SSSR count). The number of ether oxygens (including phenoxy) is 3. The SMILES string of the molecule is CCOc1ccc([C@@H]2CC(=O)N3C(=C2C#N)SC[C@@]3(O)c2ccc(OC)cc2)cc1OC. The number of aliphatic hydroxyl groups is 1. The summed E-state index contributed by atoms with van der Waals surface area (Å²) in [5.74, 6) is 1.40. The predicted molar refractivity (Wildman–Crippen MR) is 120 cm³/mol. The topological polar surface area (TPSA) is 92.0 Å². The molecule has 1 amide bonds. The zero-order valence-corrected chi connectivity index (χ0v) is 18.9. The molecule has 0 aliphatic carbocycles. The Balaban J connectivity index is 1.74. The number of thioether (sulfide) groups is 1. The van der Waals surface area contributed by atoms with Crippen molar-refractivity contribution in [2.75, 3.05) is 26.6 Å². The van der Waals surface area contributed by atoms with E-state index < -0.39 is 11.6 Å². The molecule has 2 aliphatic rings. The number of methoxy groups -OCH3 is 2. The van der Waals surface area contributed by atoms with Gasteiger partial charge in [0.25, 0.3) is 0 Å². The number of nitriles is 1. The third-order valence-electron chi connectivity index (χ3n) is 5.75. The monoisotopic (exact) mass is 452 g/mol. The summed E-state index contributed by atoms with van der Waals surface area (Å²) in [7, 11) is 3.13. The molecule has 0 saturated carbocycles. The second-order valence-electron chi connectivity index (χ2n) is 7.49. The van der Waals surface area contributed by atoms with E-state index in [-0.39, 0.29) is 18.1 Å². The van der Waals surface area contributed by atoms with Gasteiger partial charge >= 0.3 is 0 Å². The highest BCUT2D eigenvalue weighted by Crippen LogP contribution is 2.52. The maximum absolute atomic E-state index is 13.3. The van der Waals surface area contributed by atoms with Crippen molar-refractivity contribution in [1.29, 1.82) is 5.26 Å². The van der Waals surface area contributed by atoms with E-state index in [1.54, 1.807) is 44.6 Å². The summed E-state index contributed by atoms with van der Waals surface area (Å²) in [6.45, 7) is 2.39. The Morgan fingerprint density at radius 3 is 2.56 bits per heavy atom. The van der Waals surface area contributed by atoms with Crippen LogP contribution in [0.3, 0.4) is 0 Å². The molecular formula is C24H24N2O5S. The quantitative estimate of drug-likeness (QED) is 0.714. The highest BCUT2D eigenvalue weighted by atomic mass is 32.2. The Hall–Kier alpha value is -3.15. The minimum absolute atomic E-state index is 0.0720. The summed E-state index contributed by atoms with van der Waals surface area (Å²) in [6, 6.07) is 14.7. The number of carbonyl (C=O) groups excluding carboxylic acids is 1. The van der Waals surface area contributed by atoms with E-state index in [4.69, 9.17) is 14.2 Å². The van der Waals surface area contributed by atoms with Gasteiger partial charge in [0.15, 0.2) is 17.2 Å². The van der Waals surface area contributed by atoms with E-state index in [2.05, 4.69) is 6.07 Å². The maximum atomic E-state index is 13.3. The number of rotatable bonds is 6. The molecule has 2 aromatic carbocycles. The lowest BCUT2D eigenvalue weighted by atomic mass is 9.85. The van der Waals surface area contributed by atoms with Crippen LogP contribution < -0.4 is 14.2 Å². The number of fused-ring (bicyclic) bond motifs is 1. The summed E-state index contributed by atoms with van der Waals surface area (Å²) < 4.78 is 16.2. The molecular weight excluding hydrogens is 428 g/mol. The van der Waals surface area contributed by atoms with Crippen LogP contribution in [0.2, 0.25) is 0 Å². The Morgan fingerprint density at radius 1 is 1.19 bits per heavy atom. The van der Waals surface area contributed by atoms with E-state index in [1.165, 1.54) is 16.7 Å². The maximum Gasteiger partial charge on any atom is 0.231 e. The molecule has 0 radical (unpaired) electrons. The van der Waals surface area contributed by atoms with Crippen molar-refractivity contribution in [3.8, 4) is 23.3 Å². The lowest BCUT2D eigenvalue weighted by Gasteiger charge is -2.38. The number of hydrogen-bond acceptors (Lipinski definition) is 7. The summed E-state index contributed by atoms with van der Waals surface area (Å²) in [4.78, 5) is 14.7. The summed E-state index contributed by atoms with van der Waals surface area (Å²) in [6.07, 6.45) is 0.0720. The molecule has 0 spiro atoms. The molecule has 8 heteroatoms. The van der Waals surface area contributed by atoms with Crippen molar-refractivity contribution in [3.05, 3.63) is 64.2 Å². The number of amides is 1. The highest BCUT2D eigenvalue weighted by Gasteiger charge is 2.51. The normalized spacial score (nSPS) is 22.4. The zero-order valence-electron chi connectivity index (χ0n) is 18.1. The third kappa shape index (κ3) is 3.57. The Labute approximate surface area is 191 Å². The largest absolute Gasteiger partial charge is 0.497 e. The molecule has 2 aromatic rings. The van der Waals surface area contributed by atoms with Gasteiger partial charge in [0, 0.05) is 17.9 Å². The fraction of sp³-hybridized carbons (Fsp3) is 0.333. The van der Waals surface area contributed by atoms with Crippen molar-refractivity contribution < 1.29 is 24.1 Å². The standard InChI is InChI=1S/C24H24N2O5S/c1-4-31-20-10-5-15(11-21(20)30-3)18-12-22(27)26-23(19(18)13-25)32-14-24(26,28)16-6-8-17(29-2)9-7-16/h5-11,18,28H,4,12,14H2,1-3H3/t18-,24+/m0/s1. The fourth-order valence-electron chi connectivity index (χ4n) is 4.16. The summed E-state index contributed by atoms with van der Waals surface area (Å²) in [5, 5.41) is 22.0. The first-order valence-corrected chi connectivity index (χ1v) is 11.2. The van der Waals surface area contributed by atoms with Gasteiger partial charge in [-0.25, -0.2) is 0 Å². The zero-order chi connectivity index (χ0) is 22.9. The van der Waals surface area contributed by atoms with Gasteiger partial charge in [0.1, 0.15) is 5.75 Å². The van der Waals surface area contributed by atoms with Gasteiger partial charge in [-0.1, -0.05) is 18.2 Å². The van der Waals surface area contributed by atoms with Gasteiger partial charge in [-0.2, -0.15) is 5.26 Å². The molecule has 2 heterocycles. The summed E-state index contributed by atoms with van der Waals surface area (Å²) in [5.41, 5.74) is 0.313. The van der Waals surface area contributed by atoms with E-state index in [0.29, 0.717) is 40.0 Å². The van der Waals surface area contributed by atoms with Crippen LogP contribution in [0.1, 0.15) is 30.4 Å². The lowest BCUT2D eigenvalue weighted by Crippen LogP contribution is -2.48. The van der Waals surface area contributed by atoms with Crippen LogP contribution in [0.15, 0.2) is 53.1 Å². The van der Waals surface area contributed by atoms with Gasteiger partial charge in [-0.3, -0.25) is 9.69 Å². The van der Waals surface area contributed by atoms with E-state index >= 15 is 0 Å². The predicted octanol–water partition coefficient (Wildman–Crippen LogP) is 3.75. The van der Waals surface area contributed by atoms with Gasteiger partial charge in [0.05, 0.1) is 43.3 Å². The van der Waals surface area contributed by atoms with Crippen molar-refractivity contribution in [1.82, 2.24) is 4.90 Å². The van der Waals surface area contributed by atoms with Crippen molar-refractivity contribution in [2.24, 2.45) is 0 Å². The van der Waals surface area contributed by atoms with Crippen LogP contribution in [-0.4, -0.2) is 42.5 Å². The van der Waals surface area contributed by atoms with Crippen LogP contribution in [-0.2, 0) is 10.5 Å². The number of nitrogens with zero attached hydrogens (tertiary/aromatic N) is 2. The molecule has 2 atom stereocenters. The number of hydrogen-bond donors (Lipinski definition) is 1. The minimum atomic E-state index is -1.52. The number of benzene rings is 2. The van der Waals surface area contributed by atoms with E-state index in [9.17, 15) is 15.2 Å². The fourth-order valence-corrected chi connectivity index (χ4v) is 5.52. The first-order valence-electron chi connectivity index (χ1n) is 10.2. The van der Waals surface area contributed by atoms with Crippen LogP contribution in [0.25, 0.3) is 0 Å². The second-order valence-corrected chi connectivity index (χ2v) is 8.46. The molecule has 1 N–H and O–H groups in total. The first kappa shape index (κ1) is 22.1. The van der Waals surface area contributed by atoms with Crippen molar-refractivity contribution in [2.45, 2.75) is 25.0 Å². The molecule has 1 fully saturated rings. The molecule has 1 saturated heterocycles. The highest BCUT2D eigenvalue weighted by molar-refractivity contribution is 8.03. The van der Waals surface area contributed by atoms with Gasteiger partial charge in [-0.15, -0.1) is 11.8 Å². The van der Waals surface area contributed by atoms with Crippen molar-refractivity contribution in [3.63, 3.8) is 0 Å². The van der Waals surface area contributed by atoms with Crippen molar-refractivity contribution >= 4 is 17.7 Å². The van der Waals surface area contributed by atoms with Gasteiger partial charge in [-0.05, 0) is 36.8 Å². The molecule has 166 valence electrons. The smallest absolute Gasteiger partial charge is 0.231 e. The first-order chi connectivity index (χ1) is 15.5. The average molecular weight is 453 g/mol. The minimum Gasteiger partial charge on any atom is -0.497 e. The molecule has 32 heavy (non-hydrogen) atoms. The van der Waals surface area contributed by atoms with Crippen LogP contribution in [0.4, 0.5) is 0 Å². The summed E-state index contributed by atoms with van der Waals surface area (Å²) >= 11 is 1.32. The average Bonchev–Trinajstić information content (AvgIpc) is 3.18. The van der Waals surface area contributed by atoms with E-state index in [1.807, 2.05) is 19.1 Å². The molecule has 0 unspecified atom stereocenters. The number of carbonyl (C=O) groups is 1. The van der Waals surface area contributed by atoms with Crippen LogP contribution in [0, 0.1) is 11.3 Å².